The lowest BCUT2D eigenvalue weighted by Crippen LogP contribution is -2.39. The molecule has 0 spiro atoms. The summed E-state index contributed by atoms with van der Waals surface area (Å²) in [5.41, 5.74) is 0.966. The first-order chi connectivity index (χ1) is 12.1. The van der Waals surface area contributed by atoms with Gasteiger partial charge in [-0.25, -0.2) is 4.98 Å². The summed E-state index contributed by atoms with van der Waals surface area (Å²) in [7, 11) is 1.63. The smallest absolute Gasteiger partial charge is 0.264 e. The molecule has 0 radical (unpaired) electrons. The van der Waals surface area contributed by atoms with E-state index < -0.39 is 0 Å². The number of hydrogen-bond acceptors (Lipinski definition) is 6. The van der Waals surface area contributed by atoms with Crippen LogP contribution in [0.25, 0.3) is 10.2 Å². The number of nitrogens with zero attached hydrogens (tertiary/aromatic N) is 2. The highest BCUT2D eigenvalue weighted by molar-refractivity contribution is 7.22. The molecule has 0 aliphatic rings. The number of aromatic nitrogens is 1. The van der Waals surface area contributed by atoms with Gasteiger partial charge in [0.2, 0.25) is 5.91 Å². The average molecular weight is 374 g/mol. The molecule has 0 aliphatic heterocycles. The molecule has 3 aromatic rings. The maximum atomic E-state index is 12.1. The topological polar surface area (TPSA) is 74.3 Å². The molecule has 25 heavy (non-hydrogen) atoms. The van der Waals surface area contributed by atoms with Crippen molar-refractivity contribution in [3.05, 3.63) is 46.7 Å². The molecule has 2 aromatic heterocycles. The molecule has 2 heterocycles. The normalized spacial score (nSPS) is 10.6. The third-order valence-corrected chi connectivity index (χ3v) is 5.33. The molecule has 0 unspecified atom stereocenters. The van der Waals surface area contributed by atoms with Gasteiger partial charge in [-0.15, -0.1) is 11.3 Å². The molecule has 3 rings (SSSR count). The number of thiazole rings is 1. The van der Waals surface area contributed by atoms with Crippen LogP contribution < -0.4 is 10.6 Å². The Morgan fingerprint density at radius 3 is 2.76 bits per heavy atom. The second kappa shape index (κ2) is 8.09. The lowest BCUT2D eigenvalue weighted by molar-refractivity contribution is -0.121. The molecular weight excluding hydrogens is 356 g/mol. The minimum Gasteiger partial charge on any atom is -0.360 e. The van der Waals surface area contributed by atoms with E-state index >= 15 is 0 Å². The zero-order valence-corrected chi connectivity index (χ0v) is 15.3. The van der Waals surface area contributed by atoms with Crippen molar-refractivity contribution in [3.63, 3.8) is 0 Å². The Balaban J connectivity index is 1.39. The highest BCUT2D eigenvalue weighted by Gasteiger charge is 2.15. The molecule has 1 aromatic carbocycles. The summed E-state index contributed by atoms with van der Waals surface area (Å²) in [6.07, 6.45) is 0. The van der Waals surface area contributed by atoms with Crippen LogP contribution in [0.4, 0.5) is 5.13 Å². The SMILES string of the molecule is CN(CC(=O)NCCNc1nc2ccccc2s1)C(=O)c1cccs1. The number of anilines is 1. The number of fused-ring (bicyclic) bond motifs is 1. The van der Waals surface area contributed by atoms with Gasteiger partial charge in [-0.2, -0.15) is 0 Å². The molecule has 6 nitrogen and oxygen atoms in total. The summed E-state index contributed by atoms with van der Waals surface area (Å²) >= 11 is 2.95. The highest BCUT2D eigenvalue weighted by Crippen LogP contribution is 2.24. The number of amides is 2. The van der Waals surface area contributed by atoms with Gasteiger partial charge in [0.1, 0.15) is 0 Å². The molecule has 0 aliphatic carbocycles. The first kappa shape index (κ1) is 17.4. The van der Waals surface area contributed by atoms with Crippen LogP contribution in [0.5, 0.6) is 0 Å². The standard InChI is InChI=1S/C17H18N4O2S2/c1-21(16(23)14-7-4-10-24-14)11-15(22)18-8-9-19-17-20-12-5-2-3-6-13(12)25-17/h2-7,10H,8-9,11H2,1H3,(H,18,22)(H,19,20). The van der Waals surface area contributed by atoms with Gasteiger partial charge in [-0.3, -0.25) is 9.59 Å². The predicted octanol–water partition coefficient (Wildman–Crippen LogP) is 2.66. The summed E-state index contributed by atoms with van der Waals surface area (Å²) in [6.45, 7) is 1.09. The van der Waals surface area contributed by atoms with E-state index in [9.17, 15) is 9.59 Å². The number of hydrogen-bond donors (Lipinski definition) is 2. The van der Waals surface area contributed by atoms with Crippen LogP contribution >= 0.6 is 22.7 Å². The zero-order valence-electron chi connectivity index (χ0n) is 13.7. The molecule has 0 atom stereocenters. The number of benzene rings is 1. The van der Waals surface area contributed by atoms with E-state index in [4.69, 9.17) is 0 Å². The molecule has 8 heteroatoms. The monoisotopic (exact) mass is 374 g/mol. The van der Waals surface area contributed by atoms with E-state index in [1.165, 1.54) is 16.2 Å². The number of thiophene rings is 1. The lowest BCUT2D eigenvalue weighted by atomic mass is 10.3. The number of para-hydroxylation sites is 1. The van der Waals surface area contributed by atoms with Crippen molar-refractivity contribution >= 4 is 49.8 Å². The number of rotatable bonds is 7. The van der Waals surface area contributed by atoms with E-state index in [0.717, 1.165) is 15.3 Å². The van der Waals surface area contributed by atoms with Crippen LogP contribution in [-0.2, 0) is 4.79 Å². The van der Waals surface area contributed by atoms with Crippen LogP contribution in [0, 0.1) is 0 Å². The Morgan fingerprint density at radius 1 is 1.16 bits per heavy atom. The Kier molecular flexibility index (Phi) is 5.62. The quantitative estimate of drug-likeness (QED) is 0.624. The Morgan fingerprint density at radius 2 is 2.00 bits per heavy atom. The van der Waals surface area contributed by atoms with Gasteiger partial charge in [-0.05, 0) is 23.6 Å². The maximum absolute atomic E-state index is 12.1. The fourth-order valence-electron chi connectivity index (χ4n) is 2.25. The van der Waals surface area contributed by atoms with Gasteiger partial charge in [0.15, 0.2) is 5.13 Å². The zero-order chi connectivity index (χ0) is 17.6. The van der Waals surface area contributed by atoms with Crippen LogP contribution in [0.3, 0.4) is 0 Å². The van der Waals surface area contributed by atoms with Crippen LogP contribution in [0.15, 0.2) is 41.8 Å². The van der Waals surface area contributed by atoms with E-state index in [-0.39, 0.29) is 18.4 Å². The van der Waals surface area contributed by atoms with Crippen molar-refractivity contribution in [3.8, 4) is 0 Å². The summed E-state index contributed by atoms with van der Waals surface area (Å²) in [4.78, 5) is 30.5. The van der Waals surface area contributed by atoms with E-state index in [0.29, 0.717) is 18.0 Å². The number of carbonyl (C=O) groups excluding carboxylic acids is 2. The van der Waals surface area contributed by atoms with E-state index in [2.05, 4.69) is 15.6 Å². The van der Waals surface area contributed by atoms with Gasteiger partial charge in [0, 0.05) is 20.1 Å². The summed E-state index contributed by atoms with van der Waals surface area (Å²) < 4.78 is 1.13. The van der Waals surface area contributed by atoms with Gasteiger partial charge in [0.25, 0.3) is 5.91 Å². The average Bonchev–Trinajstić information content (AvgIpc) is 3.27. The number of likely N-dealkylation sites (N-methyl/N-ethyl adjacent to an activating group) is 1. The van der Waals surface area contributed by atoms with Crippen LogP contribution in [-0.4, -0.2) is 48.4 Å². The van der Waals surface area contributed by atoms with Crippen molar-refractivity contribution in [2.45, 2.75) is 0 Å². The lowest BCUT2D eigenvalue weighted by Gasteiger charge is -2.15. The van der Waals surface area contributed by atoms with Crippen molar-refractivity contribution in [1.82, 2.24) is 15.2 Å². The first-order valence-corrected chi connectivity index (χ1v) is 9.48. The van der Waals surface area contributed by atoms with Crippen molar-refractivity contribution in [2.24, 2.45) is 0 Å². The molecule has 0 saturated heterocycles. The predicted molar refractivity (Wildman–Crippen MR) is 102 cm³/mol. The molecule has 0 saturated carbocycles. The Bertz CT molecular complexity index is 828. The number of nitrogens with one attached hydrogen (secondary N) is 2. The summed E-state index contributed by atoms with van der Waals surface area (Å²) in [5, 5.41) is 8.68. The summed E-state index contributed by atoms with van der Waals surface area (Å²) in [5.74, 6) is -0.323. The van der Waals surface area contributed by atoms with Crippen molar-refractivity contribution in [1.29, 1.82) is 0 Å². The molecule has 0 fully saturated rings. The van der Waals surface area contributed by atoms with Crippen LogP contribution in [0.1, 0.15) is 9.67 Å². The van der Waals surface area contributed by atoms with Gasteiger partial charge >= 0.3 is 0 Å². The molecule has 2 amide bonds. The molecule has 2 N–H and O–H groups in total. The third-order valence-electron chi connectivity index (χ3n) is 3.48. The molecule has 130 valence electrons. The Hall–Kier alpha value is -2.45. The van der Waals surface area contributed by atoms with Gasteiger partial charge in [0.05, 0.1) is 21.6 Å². The van der Waals surface area contributed by atoms with Gasteiger partial charge < -0.3 is 15.5 Å². The van der Waals surface area contributed by atoms with Crippen molar-refractivity contribution in [2.75, 3.05) is 32.0 Å². The Labute approximate surface area is 153 Å². The minimum atomic E-state index is -0.182. The van der Waals surface area contributed by atoms with Gasteiger partial charge in [-0.1, -0.05) is 29.5 Å². The maximum Gasteiger partial charge on any atom is 0.264 e. The largest absolute Gasteiger partial charge is 0.360 e. The fourth-order valence-corrected chi connectivity index (χ4v) is 3.86. The van der Waals surface area contributed by atoms with E-state index in [1.807, 2.05) is 35.7 Å². The first-order valence-electron chi connectivity index (χ1n) is 7.78. The van der Waals surface area contributed by atoms with E-state index in [1.54, 1.807) is 24.5 Å². The van der Waals surface area contributed by atoms with Crippen LogP contribution in [0.2, 0.25) is 0 Å². The summed E-state index contributed by atoms with van der Waals surface area (Å²) in [6, 6.07) is 11.5. The second-order valence-corrected chi connectivity index (χ2v) is 7.38. The number of carbonyl (C=O) groups is 2. The highest BCUT2D eigenvalue weighted by atomic mass is 32.1. The molecule has 0 bridgehead atoms. The van der Waals surface area contributed by atoms with Crippen molar-refractivity contribution < 1.29 is 9.59 Å². The molecular formula is C17H18N4O2S2. The fraction of sp³-hybridized carbons (Fsp3) is 0.235. The third kappa shape index (κ3) is 4.55. The minimum absolute atomic E-state index is 0.0396. The second-order valence-electron chi connectivity index (χ2n) is 5.40.